The summed E-state index contributed by atoms with van der Waals surface area (Å²) < 4.78 is 0. The smallest absolute Gasteiger partial charge is 0.115 e. The summed E-state index contributed by atoms with van der Waals surface area (Å²) in [6.45, 7) is 9.28. The van der Waals surface area contributed by atoms with E-state index >= 15 is 0 Å². The van der Waals surface area contributed by atoms with Gasteiger partial charge in [0.1, 0.15) is 5.54 Å². The van der Waals surface area contributed by atoms with Crippen molar-refractivity contribution in [2.75, 3.05) is 5.32 Å². The van der Waals surface area contributed by atoms with Crippen LogP contribution in [0.1, 0.15) is 169 Å². The number of anilines is 1. The summed E-state index contributed by atoms with van der Waals surface area (Å²) in [6, 6.07) is 20.3. The Morgan fingerprint density at radius 2 is 0.854 bits per heavy atom. The summed E-state index contributed by atoms with van der Waals surface area (Å²) in [4.78, 5) is 2.86. The predicted octanol–water partition coefficient (Wildman–Crippen LogP) is 14.7. The Balaban J connectivity index is 1.65. The van der Waals surface area contributed by atoms with Gasteiger partial charge in [-0.2, -0.15) is 0 Å². The zero-order chi connectivity index (χ0) is 33.6. The standard InChI is InChI=1S/C45H63NS2/c1-5-9-13-17-21-35-29-36(22-18-14-10-6-2)32-39(31-35)45(41-25-27-47-43(41)44-42(46-45)26-28-48-44)40-33-37(23-19-15-11-7-3)30-38(34-40)24-20-16-12-8-4/h25-34,46H,5-24H2,1-4H3. The molecule has 0 bridgehead atoms. The second-order valence-corrected chi connectivity index (χ2v) is 16.4. The van der Waals surface area contributed by atoms with Gasteiger partial charge in [-0.05, 0) is 108 Å². The molecule has 260 valence electrons. The molecule has 4 aromatic rings. The Morgan fingerprint density at radius 3 is 1.27 bits per heavy atom. The molecule has 3 heterocycles. The SMILES string of the molecule is CCCCCCc1cc(CCCCCC)cc(C2(c3cc(CCCCCC)cc(CCCCCC)c3)Nc3ccsc3-c3sccc32)c1. The molecule has 0 fully saturated rings. The van der Waals surface area contributed by atoms with Crippen molar-refractivity contribution in [2.45, 2.75) is 162 Å². The molecule has 1 nitrogen and oxygen atoms in total. The molecule has 1 N–H and O–H groups in total. The molecule has 0 saturated heterocycles. The molecule has 1 aliphatic heterocycles. The number of benzene rings is 2. The fourth-order valence-corrected chi connectivity index (χ4v) is 9.81. The first kappa shape index (κ1) is 36.9. The minimum Gasteiger partial charge on any atom is -0.367 e. The number of unbranched alkanes of at least 4 members (excludes halogenated alkanes) is 12. The van der Waals surface area contributed by atoms with Crippen LogP contribution in [0.5, 0.6) is 0 Å². The lowest BCUT2D eigenvalue weighted by Crippen LogP contribution is -2.40. The quantitative estimate of drug-likeness (QED) is 0.0814. The van der Waals surface area contributed by atoms with Crippen LogP contribution in [0, 0.1) is 0 Å². The Labute approximate surface area is 302 Å². The van der Waals surface area contributed by atoms with Crippen LogP contribution < -0.4 is 5.32 Å². The van der Waals surface area contributed by atoms with E-state index in [1.165, 1.54) is 183 Å². The van der Waals surface area contributed by atoms with Crippen molar-refractivity contribution in [2.24, 2.45) is 0 Å². The van der Waals surface area contributed by atoms with Crippen molar-refractivity contribution in [3.05, 3.63) is 98.2 Å². The van der Waals surface area contributed by atoms with Crippen LogP contribution >= 0.6 is 22.7 Å². The Kier molecular flexibility index (Phi) is 14.7. The maximum Gasteiger partial charge on any atom is 0.115 e. The van der Waals surface area contributed by atoms with Crippen LogP contribution in [-0.2, 0) is 31.2 Å². The average Bonchev–Trinajstić information content (AvgIpc) is 3.79. The summed E-state index contributed by atoms with van der Waals surface area (Å²) in [5.74, 6) is 0. The molecule has 3 heteroatoms. The highest BCUT2D eigenvalue weighted by molar-refractivity contribution is 7.21. The average molecular weight is 682 g/mol. The maximum absolute atomic E-state index is 4.30. The first-order chi connectivity index (χ1) is 23.6. The van der Waals surface area contributed by atoms with E-state index in [2.05, 4.69) is 92.3 Å². The second kappa shape index (κ2) is 19.1. The molecule has 0 atom stereocenters. The molecule has 48 heavy (non-hydrogen) atoms. The molecule has 2 aromatic heterocycles. The summed E-state index contributed by atoms with van der Waals surface area (Å²) in [7, 11) is 0. The lowest BCUT2D eigenvalue weighted by atomic mass is 9.73. The summed E-state index contributed by atoms with van der Waals surface area (Å²) in [5.41, 5.74) is 11.3. The third-order valence-electron chi connectivity index (χ3n) is 10.5. The second-order valence-electron chi connectivity index (χ2n) is 14.5. The van der Waals surface area contributed by atoms with Crippen LogP contribution in [0.3, 0.4) is 0 Å². The number of fused-ring (bicyclic) bond motifs is 3. The number of hydrogen-bond acceptors (Lipinski definition) is 3. The maximum atomic E-state index is 4.30. The summed E-state index contributed by atoms with van der Waals surface area (Å²) in [5, 5.41) is 8.92. The molecule has 2 aromatic carbocycles. The van der Waals surface area contributed by atoms with Crippen LogP contribution in [0.4, 0.5) is 5.69 Å². The van der Waals surface area contributed by atoms with E-state index in [-0.39, 0.29) is 0 Å². The topological polar surface area (TPSA) is 12.0 Å². The van der Waals surface area contributed by atoms with Crippen LogP contribution in [0.25, 0.3) is 9.75 Å². The van der Waals surface area contributed by atoms with Gasteiger partial charge in [-0.3, -0.25) is 0 Å². The minimum atomic E-state index is -0.404. The van der Waals surface area contributed by atoms with Crippen molar-refractivity contribution in [1.29, 1.82) is 0 Å². The Morgan fingerprint density at radius 1 is 0.458 bits per heavy atom. The summed E-state index contributed by atoms with van der Waals surface area (Å²) in [6.07, 6.45) is 25.6. The van der Waals surface area contributed by atoms with Gasteiger partial charge < -0.3 is 5.32 Å². The fourth-order valence-electron chi connectivity index (χ4n) is 7.81. The van der Waals surface area contributed by atoms with Crippen LogP contribution in [0.15, 0.2) is 59.3 Å². The molecular formula is C45H63NS2. The molecular weight excluding hydrogens is 619 g/mol. The number of aryl methyl sites for hydroxylation is 4. The summed E-state index contributed by atoms with van der Waals surface area (Å²) >= 11 is 3.82. The fraction of sp³-hybridized carbons (Fsp3) is 0.556. The van der Waals surface area contributed by atoms with E-state index in [0.717, 1.165) is 0 Å². The van der Waals surface area contributed by atoms with E-state index in [1.807, 2.05) is 22.7 Å². The minimum absolute atomic E-state index is 0.404. The van der Waals surface area contributed by atoms with Gasteiger partial charge in [-0.25, -0.2) is 0 Å². The first-order valence-corrected chi connectivity index (χ1v) is 21.6. The lowest BCUT2D eigenvalue weighted by Gasteiger charge is -2.41. The molecule has 0 radical (unpaired) electrons. The van der Waals surface area contributed by atoms with Crippen molar-refractivity contribution >= 4 is 28.4 Å². The largest absolute Gasteiger partial charge is 0.367 e. The van der Waals surface area contributed by atoms with Gasteiger partial charge in [0.25, 0.3) is 0 Å². The molecule has 0 unspecified atom stereocenters. The third kappa shape index (κ3) is 9.25. The number of hydrogen-bond donors (Lipinski definition) is 1. The van der Waals surface area contributed by atoms with Gasteiger partial charge >= 0.3 is 0 Å². The van der Waals surface area contributed by atoms with Crippen molar-refractivity contribution < 1.29 is 0 Å². The molecule has 0 saturated carbocycles. The zero-order valence-corrected chi connectivity index (χ0v) is 32.4. The zero-order valence-electron chi connectivity index (χ0n) is 30.7. The highest BCUT2D eigenvalue weighted by Gasteiger charge is 2.43. The first-order valence-electron chi connectivity index (χ1n) is 19.8. The van der Waals surface area contributed by atoms with Gasteiger partial charge in [0.15, 0.2) is 0 Å². The predicted molar refractivity (Wildman–Crippen MR) is 215 cm³/mol. The lowest BCUT2D eigenvalue weighted by molar-refractivity contribution is 0.651. The van der Waals surface area contributed by atoms with E-state index in [1.54, 1.807) is 0 Å². The van der Waals surface area contributed by atoms with Crippen molar-refractivity contribution in [3.8, 4) is 9.75 Å². The molecule has 0 amide bonds. The highest BCUT2D eigenvalue weighted by Crippen LogP contribution is 2.54. The number of rotatable bonds is 22. The van der Waals surface area contributed by atoms with Gasteiger partial charge in [0.05, 0.1) is 15.4 Å². The van der Waals surface area contributed by atoms with Gasteiger partial charge in [-0.1, -0.05) is 141 Å². The highest BCUT2D eigenvalue weighted by atomic mass is 32.1. The number of thiophene rings is 2. The van der Waals surface area contributed by atoms with Gasteiger partial charge in [0.2, 0.25) is 0 Å². The third-order valence-corrected chi connectivity index (χ3v) is 12.5. The van der Waals surface area contributed by atoms with Gasteiger partial charge in [-0.15, -0.1) is 22.7 Å². The van der Waals surface area contributed by atoms with E-state index < -0.39 is 5.54 Å². The van der Waals surface area contributed by atoms with E-state index in [0.29, 0.717) is 0 Å². The van der Waals surface area contributed by atoms with Crippen LogP contribution in [-0.4, -0.2) is 0 Å². The normalized spacial score (nSPS) is 13.3. The van der Waals surface area contributed by atoms with E-state index in [4.69, 9.17) is 0 Å². The molecule has 0 spiro atoms. The Bertz CT molecular complexity index is 1390. The van der Waals surface area contributed by atoms with Crippen molar-refractivity contribution in [1.82, 2.24) is 0 Å². The molecule has 1 aliphatic rings. The Hall–Kier alpha value is -2.36. The monoisotopic (exact) mass is 681 g/mol. The van der Waals surface area contributed by atoms with Crippen LogP contribution in [0.2, 0.25) is 0 Å². The molecule has 5 rings (SSSR count). The molecule has 0 aliphatic carbocycles. The number of nitrogens with one attached hydrogen (secondary N) is 1. The van der Waals surface area contributed by atoms with E-state index in [9.17, 15) is 0 Å². The van der Waals surface area contributed by atoms with Gasteiger partial charge in [0, 0.05) is 5.56 Å². The van der Waals surface area contributed by atoms with Crippen molar-refractivity contribution in [3.63, 3.8) is 0 Å².